The monoisotopic (exact) mass is 366 g/mol. The van der Waals surface area contributed by atoms with Crippen LogP contribution in [0.25, 0.3) is 0 Å². The van der Waals surface area contributed by atoms with Gasteiger partial charge in [-0.3, -0.25) is 14.5 Å². The molecule has 1 aromatic rings. The van der Waals surface area contributed by atoms with E-state index in [0.29, 0.717) is 12.5 Å². The van der Waals surface area contributed by atoms with Gasteiger partial charge in [-0.05, 0) is 38.1 Å². The van der Waals surface area contributed by atoms with Crippen LogP contribution in [-0.2, 0) is 9.59 Å². The Morgan fingerprint density at radius 3 is 2.32 bits per heavy atom. The molecule has 6 nitrogen and oxygen atoms in total. The number of carbonyl (C=O) groups excluding carboxylic acids is 2. The number of amides is 2. The fourth-order valence-corrected chi connectivity index (χ4v) is 3.38. The highest BCUT2D eigenvalue weighted by Gasteiger charge is 2.28. The Hall–Kier alpha value is -1.63. The first-order valence-electron chi connectivity index (χ1n) is 8.79. The predicted molar refractivity (Wildman–Crippen MR) is 101 cm³/mol. The van der Waals surface area contributed by atoms with Crippen LogP contribution in [0.3, 0.4) is 0 Å². The number of hydrogen-bond donors (Lipinski definition) is 2. The highest BCUT2D eigenvalue weighted by Crippen LogP contribution is 2.16. The van der Waals surface area contributed by atoms with E-state index < -0.39 is 0 Å². The van der Waals surface area contributed by atoms with Crippen molar-refractivity contribution in [2.45, 2.75) is 12.8 Å². The number of benzene rings is 1. The zero-order chi connectivity index (χ0) is 16.8. The Kier molecular flexibility index (Phi) is 7.68. The maximum atomic E-state index is 12.5. The highest BCUT2D eigenvalue weighted by molar-refractivity contribution is 5.92. The van der Waals surface area contributed by atoms with Gasteiger partial charge in [0.1, 0.15) is 0 Å². The second-order valence-corrected chi connectivity index (χ2v) is 6.54. The first-order chi connectivity index (χ1) is 11.7. The minimum Gasteiger partial charge on any atom is -0.340 e. The van der Waals surface area contributed by atoms with Crippen LogP contribution < -0.4 is 10.6 Å². The average molecular weight is 367 g/mol. The number of hydrogen-bond acceptors (Lipinski definition) is 4. The first-order valence-corrected chi connectivity index (χ1v) is 8.79. The summed E-state index contributed by atoms with van der Waals surface area (Å²) in [6, 6.07) is 9.50. The number of halogens is 1. The molecular weight excluding hydrogens is 340 g/mol. The van der Waals surface area contributed by atoms with E-state index in [0.717, 1.165) is 57.8 Å². The van der Waals surface area contributed by atoms with Crippen molar-refractivity contribution in [3.05, 3.63) is 30.3 Å². The van der Waals surface area contributed by atoms with Crippen LogP contribution in [0.5, 0.6) is 0 Å². The predicted octanol–water partition coefficient (Wildman–Crippen LogP) is 1.19. The number of nitrogens with one attached hydrogen (secondary N) is 2. The minimum atomic E-state index is -0.000619. The van der Waals surface area contributed by atoms with Crippen LogP contribution in [-0.4, -0.2) is 67.4 Å². The number of carbonyl (C=O) groups is 2. The van der Waals surface area contributed by atoms with E-state index in [1.165, 1.54) is 0 Å². The van der Waals surface area contributed by atoms with Gasteiger partial charge in [-0.2, -0.15) is 0 Å². The summed E-state index contributed by atoms with van der Waals surface area (Å²) < 4.78 is 0. The van der Waals surface area contributed by atoms with Gasteiger partial charge >= 0.3 is 0 Å². The van der Waals surface area contributed by atoms with Gasteiger partial charge in [-0.15, -0.1) is 12.4 Å². The van der Waals surface area contributed by atoms with Crippen molar-refractivity contribution < 1.29 is 9.59 Å². The summed E-state index contributed by atoms with van der Waals surface area (Å²) in [6.45, 7) is 5.23. The maximum Gasteiger partial charge on any atom is 0.238 e. The van der Waals surface area contributed by atoms with E-state index in [1.807, 2.05) is 35.2 Å². The molecule has 0 atom stereocenters. The summed E-state index contributed by atoms with van der Waals surface area (Å²) in [5.74, 6) is 0.475. The fourth-order valence-electron chi connectivity index (χ4n) is 3.38. The topological polar surface area (TPSA) is 64.7 Å². The maximum absolute atomic E-state index is 12.5. The number of rotatable bonds is 4. The molecule has 2 amide bonds. The molecule has 0 saturated carbocycles. The summed E-state index contributed by atoms with van der Waals surface area (Å²) in [7, 11) is 0. The fraction of sp³-hybridized carbons (Fsp3) is 0.556. The van der Waals surface area contributed by atoms with Crippen LogP contribution in [0, 0.1) is 5.92 Å². The largest absolute Gasteiger partial charge is 0.340 e. The summed E-state index contributed by atoms with van der Waals surface area (Å²) in [4.78, 5) is 28.7. The Bertz CT molecular complexity index is 555. The Morgan fingerprint density at radius 1 is 1.04 bits per heavy atom. The molecule has 0 radical (unpaired) electrons. The van der Waals surface area contributed by atoms with Crippen molar-refractivity contribution in [2.75, 3.05) is 51.1 Å². The SMILES string of the molecule is Cl.O=C(CN1CCN(C(=O)C2CCNCC2)CC1)Nc1ccccc1. The summed E-state index contributed by atoms with van der Waals surface area (Å²) in [5.41, 5.74) is 0.822. The van der Waals surface area contributed by atoms with Crippen LogP contribution in [0.1, 0.15) is 12.8 Å². The van der Waals surface area contributed by atoms with Gasteiger partial charge < -0.3 is 15.5 Å². The summed E-state index contributed by atoms with van der Waals surface area (Å²) >= 11 is 0. The number of piperazine rings is 1. The number of piperidine rings is 1. The van der Waals surface area contributed by atoms with E-state index in [2.05, 4.69) is 15.5 Å². The molecule has 2 aliphatic rings. The molecule has 1 aromatic carbocycles. The average Bonchev–Trinajstić information content (AvgIpc) is 2.63. The Morgan fingerprint density at radius 2 is 1.68 bits per heavy atom. The number of nitrogens with zero attached hydrogens (tertiary/aromatic N) is 2. The molecule has 25 heavy (non-hydrogen) atoms. The van der Waals surface area contributed by atoms with Crippen LogP contribution >= 0.6 is 12.4 Å². The van der Waals surface area contributed by atoms with Crippen molar-refractivity contribution in [2.24, 2.45) is 5.92 Å². The molecule has 0 spiro atoms. The van der Waals surface area contributed by atoms with Crippen molar-refractivity contribution in [1.29, 1.82) is 0 Å². The summed E-state index contributed by atoms with van der Waals surface area (Å²) in [6.07, 6.45) is 1.89. The molecule has 2 aliphatic heterocycles. The molecule has 7 heteroatoms. The van der Waals surface area contributed by atoms with Gasteiger partial charge in [0.15, 0.2) is 0 Å². The molecule has 0 aromatic heterocycles. The molecular formula is C18H27ClN4O2. The van der Waals surface area contributed by atoms with Crippen molar-refractivity contribution in [3.63, 3.8) is 0 Å². The Labute approximate surface area is 155 Å². The molecule has 0 bridgehead atoms. The third kappa shape index (κ3) is 5.70. The van der Waals surface area contributed by atoms with Crippen LogP contribution in [0.2, 0.25) is 0 Å². The lowest BCUT2D eigenvalue weighted by molar-refractivity contribution is -0.138. The van der Waals surface area contributed by atoms with E-state index in [9.17, 15) is 9.59 Å². The second-order valence-electron chi connectivity index (χ2n) is 6.54. The van der Waals surface area contributed by atoms with Crippen molar-refractivity contribution >= 4 is 29.9 Å². The first kappa shape index (κ1) is 19.7. The van der Waals surface area contributed by atoms with Gasteiger partial charge in [0.2, 0.25) is 11.8 Å². The van der Waals surface area contributed by atoms with Crippen molar-refractivity contribution in [1.82, 2.24) is 15.1 Å². The highest BCUT2D eigenvalue weighted by atomic mass is 35.5. The third-order valence-electron chi connectivity index (χ3n) is 4.80. The smallest absolute Gasteiger partial charge is 0.238 e. The molecule has 0 aliphatic carbocycles. The van der Waals surface area contributed by atoms with E-state index >= 15 is 0 Å². The second kappa shape index (κ2) is 9.75. The Balaban J connectivity index is 0.00000225. The zero-order valence-corrected chi connectivity index (χ0v) is 15.3. The lowest BCUT2D eigenvalue weighted by atomic mass is 9.96. The third-order valence-corrected chi connectivity index (χ3v) is 4.80. The van der Waals surface area contributed by atoms with Crippen LogP contribution in [0.15, 0.2) is 30.3 Å². The normalized spacial score (nSPS) is 19.1. The van der Waals surface area contributed by atoms with E-state index in [4.69, 9.17) is 0 Å². The van der Waals surface area contributed by atoms with Crippen LogP contribution in [0.4, 0.5) is 5.69 Å². The van der Waals surface area contributed by atoms with E-state index in [1.54, 1.807) is 0 Å². The molecule has 3 rings (SSSR count). The molecule has 2 fully saturated rings. The van der Waals surface area contributed by atoms with Gasteiger partial charge in [-0.25, -0.2) is 0 Å². The lowest BCUT2D eigenvalue weighted by Crippen LogP contribution is -2.52. The zero-order valence-electron chi connectivity index (χ0n) is 14.4. The van der Waals surface area contributed by atoms with E-state index in [-0.39, 0.29) is 24.2 Å². The van der Waals surface area contributed by atoms with Gasteiger partial charge in [0.05, 0.1) is 6.54 Å². The molecule has 138 valence electrons. The summed E-state index contributed by atoms with van der Waals surface area (Å²) in [5, 5.41) is 6.20. The standard InChI is InChI=1S/C18H26N4O2.ClH/c23-17(20-16-4-2-1-3-5-16)14-21-10-12-22(13-11-21)18(24)15-6-8-19-9-7-15;/h1-5,15,19H,6-14H2,(H,20,23);1H. The van der Waals surface area contributed by atoms with Gasteiger partial charge in [0.25, 0.3) is 0 Å². The van der Waals surface area contributed by atoms with Gasteiger partial charge in [-0.1, -0.05) is 18.2 Å². The quantitative estimate of drug-likeness (QED) is 0.840. The van der Waals surface area contributed by atoms with Gasteiger partial charge in [0, 0.05) is 37.8 Å². The lowest BCUT2D eigenvalue weighted by Gasteiger charge is -2.36. The molecule has 0 unspecified atom stereocenters. The van der Waals surface area contributed by atoms with Crippen molar-refractivity contribution in [3.8, 4) is 0 Å². The minimum absolute atomic E-state index is 0. The number of anilines is 1. The molecule has 2 saturated heterocycles. The molecule has 2 N–H and O–H groups in total. The number of para-hydroxylation sites is 1. The molecule has 2 heterocycles.